The van der Waals surface area contributed by atoms with Crippen LogP contribution in [0.1, 0.15) is 11.4 Å². The summed E-state index contributed by atoms with van der Waals surface area (Å²) in [5.74, 6) is 0.988. The van der Waals surface area contributed by atoms with Gasteiger partial charge in [0.25, 0.3) is 0 Å². The number of hydrogen-bond donors (Lipinski definition) is 0. The van der Waals surface area contributed by atoms with Gasteiger partial charge in [0.1, 0.15) is 12.1 Å². The highest BCUT2D eigenvalue weighted by atomic mass is 16.5. The fraction of sp³-hybridized carbons (Fsp3) is 0.389. The molecule has 1 saturated heterocycles. The molecule has 1 aliphatic rings. The average molecular weight is 323 g/mol. The number of para-hydroxylation sites is 1. The molecule has 24 heavy (non-hydrogen) atoms. The van der Waals surface area contributed by atoms with Crippen LogP contribution in [0.5, 0.6) is 0 Å². The molecule has 1 fully saturated rings. The number of benzene rings is 1. The molecule has 0 radical (unpaired) electrons. The molecule has 0 bridgehead atoms. The van der Waals surface area contributed by atoms with Crippen molar-refractivity contribution in [1.82, 2.24) is 19.7 Å². The quantitative estimate of drug-likeness (QED) is 0.740. The highest BCUT2D eigenvalue weighted by molar-refractivity contribution is 5.89. The SMILES string of the molecule is Cc1cc(C)n(C[C@@H]2CN(c3ncnc4ccccc34)CCO2)n1. The van der Waals surface area contributed by atoms with E-state index in [0.29, 0.717) is 6.61 Å². The van der Waals surface area contributed by atoms with Crippen LogP contribution in [-0.2, 0) is 11.3 Å². The second-order valence-electron chi connectivity index (χ2n) is 6.26. The first-order valence-electron chi connectivity index (χ1n) is 8.28. The van der Waals surface area contributed by atoms with Gasteiger partial charge in [0.05, 0.1) is 30.5 Å². The number of hydrogen-bond acceptors (Lipinski definition) is 5. The van der Waals surface area contributed by atoms with Crippen LogP contribution < -0.4 is 4.90 Å². The maximum atomic E-state index is 5.96. The van der Waals surface area contributed by atoms with Gasteiger partial charge >= 0.3 is 0 Å². The zero-order valence-corrected chi connectivity index (χ0v) is 14.0. The number of ether oxygens (including phenoxy) is 1. The van der Waals surface area contributed by atoms with Crippen molar-refractivity contribution in [2.45, 2.75) is 26.5 Å². The number of morpholine rings is 1. The number of rotatable bonds is 3. The predicted octanol–water partition coefficient (Wildman–Crippen LogP) is 2.35. The van der Waals surface area contributed by atoms with Crippen molar-refractivity contribution in [1.29, 1.82) is 0 Å². The normalized spacial score (nSPS) is 18.2. The van der Waals surface area contributed by atoms with Gasteiger partial charge in [-0.15, -0.1) is 0 Å². The zero-order chi connectivity index (χ0) is 16.5. The van der Waals surface area contributed by atoms with Gasteiger partial charge in [0.2, 0.25) is 0 Å². The van der Waals surface area contributed by atoms with Gasteiger partial charge in [-0.3, -0.25) is 4.68 Å². The lowest BCUT2D eigenvalue weighted by molar-refractivity contribution is 0.0268. The van der Waals surface area contributed by atoms with Crippen molar-refractivity contribution >= 4 is 16.7 Å². The molecule has 0 N–H and O–H groups in total. The van der Waals surface area contributed by atoms with E-state index in [1.807, 2.05) is 29.8 Å². The second-order valence-corrected chi connectivity index (χ2v) is 6.26. The summed E-state index contributed by atoms with van der Waals surface area (Å²) in [7, 11) is 0. The lowest BCUT2D eigenvalue weighted by atomic mass is 10.2. The largest absolute Gasteiger partial charge is 0.373 e. The highest BCUT2D eigenvalue weighted by Gasteiger charge is 2.24. The van der Waals surface area contributed by atoms with E-state index in [1.54, 1.807) is 6.33 Å². The monoisotopic (exact) mass is 323 g/mol. The third-order valence-corrected chi connectivity index (χ3v) is 4.44. The van der Waals surface area contributed by atoms with Crippen LogP contribution in [0.2, 0.25) is 0 Å². The van der Waals surface area contributed by atoms with Crippen LogP contribution in [0.25, 0.3) is 10.9 Å². The molecular weight excluding hydrogens is 302 g/mol. The Labute approximate surface area is 141 Å². The standard InChI is InChI=1S/C18H21N5O/c1-13-9-14(2)23(21-13)11-15-10-22(7-8-24-15)18-16-5-3-4-6-17(16)19-12-20-18/h3-6,9,12,15H,7-8,10-11H2,1-2H3/t15-/m0/s1. The summed E-state index contributed by atoms with van der Waals surface area (Å²) in [6.07, 6.45) is 1.74. The average Bonchev–Trinajstić information content (AvgIpc) is 2.92. The molecule has 1 aromatic carbocycles. The van der Waals surface area contributed by atoms with Crippen LogP contribution in [0.3, 0.4) is 0 Å². The summed E-state index contributed by atoms with van der Waals surface area (Å²) < 4.78 is 7.99. The molecule has 0 unspecified atom stereocenters. The third-order valence-electron chi connectivity index (χ3n) is 4.44. The van der Waals surface area contributed by atoms with Crippen LogP contribution in [0.15, 0.2) is 36.7 Å². The van der Waals surface area contributed by atoms with Crippen LogP contribution >= 0.6 is 0 Å². The molecule has 124 valence electrons. The van der Waals surface area contributed by atoms with Gasteiger partial charge in [0, 0.05) is 24.2 Å². The molecule has 0 amide bonds. The maximum absolute atomic E-state index is 5.96. The van der Waals surface area contributed by atoms with Crippen LogP contribution in [-0.4, -0.2) is 45.5 Å². The molecule has 3 aromatic rings. The minimum absolute atomic E-state index is 0.102. The molecule has 1 aliphatic heterocycles. The molecule has 3 heterocycles. The first kappa shape index (κ1) is 15.1. The van der Waals surface area contributed by atoms with Crippen molar-refractivity contribution < 1.29 is 4.74 Å². The summed E-state index contributed by atoms with van der Waals surface area (Å²) in [6.45, 7) is 7.21. The number of aromatic nitrogens is 4. The number of fused-ring (bicyclic) bond motifs is 1. The lowest BCUT2D eigenvalue weighted by Crippen LogP contribution is -2.45. The smallest absolute Gasteiger partial charge is 0.140 e. The molecule has 6 heteroatoms. The van der Waals surface area contributed by atoms with E-state index in [2.05, 4.69) is 39.0 Å². The topological polar surface area (TPSA) is 56.1 Å². The third kappa shape index (κ3) is 2.85. The van der Waals surface area contributed by atoms with Crippen molar-refractivity contribution in [2.24, 2.45) is 0 Å². The van der Waals surface area contributed by atoms with Crippen molar-refractivity contribution in [3.05, 3.63) is 48.0 Å². The zero-order valence-electron chi connectivity index (χ0n) is 14.0. The predicted molar refractivity (Wildman–Crippen MR) is 93.2 cm³/mol. The Hall–Kier alpha value is -2.47. The molecule has 0 aliphatic carbocycles. The van der Waals surface area contributed by atoms with Crippen molar-refractivity contribution in [2.75, 3.05) is 24.6 Å². The first-order valence-corrected chi connectivity index (χ1v) is 8.28. The summed E-state index contributed by atoms with van der Waals surface area (Å²) in [5, 5.41) is 5.63. The van der Waals surface area contributed by atoms with Gasteiger partial charge in [-0.05, 0) is 32.0 Å². The minimum atomic E-state index is 0.102. The van der Waals surface area contributed by atoms with Crippen molar-refractivity contribution in [3.8, 4) is 0 Å². The Morgan fingerprint density at radius 1 is 1.21 bits per heavy atom. The van der Waals surface area contributed by atoms with E-state index < -0.39 is 0 Å². The molecule has 1 atom stereocenters. The van der Waals surface area contributed by atoms with E-state index >= 15 is 0 Å². The molecule has 4 rings (SSSR count). The Bertz CT molecular complexity index is 854. The maximum Gasteiger partial charge on any atom is 0.140 e. The highest BCUT2D eigenvalue weighted by Crippen LogP contribution is 2.24. The number of aryl methyl sites for hydroxylation is 2. The first-order chi connectivity index (χ1) is 11.7. The van der Waals surface area contributed by atoms with E-state index in [-0.39, 0.29) is 6.10 Å². The molecule has 0 saturated carbocycles. The fourth-order valence-corrected chi connectivity index (χ4v) is 3.32. The molecule has 0 spiro atoms. The molecule has 6 nitrogen and oxygen atoms in total. The van der Waals surface area contributed by atoms with E-state index in [4.69, 9.17) is 4.74 Å². The second kappa shape index (κ2) is 6.20. The van der Waals surface area contributed by atoms with Gasteiger partial charge in [-0.2, -0.15) is 5.10 Å². The minimum Gasteiger partial charge on any atom is -0.373 e. The van der Waals surface area contributed by atoms with Gasteiger partial charge in [-0.25, -0.2) is 9.97 Å². The fourth-order valence-electron chi connectivity index (χ4n) is 3.32. The molecule has 2 aromatic heterocycles. The van der Waals surface area contributed by atoms with Crippen LogP contribution in [0, 0.1) is 13.8 Å². The van der Waals surface area contributed by atoms with Crippen molar-refractivity contribution in [3.63, 3.8) is 0 Å². The summed E-state index contributed by atoms with van der Waals surface area (Å²) in [5.41, 5.74) is 3.19. The van der Waals surface area contributed by atoms with Gasteiger partial charge in [0.15, 0.2) is 0 Å². The van der Waals surface area contributed by atoms with Gasteiger partial charge in [-0.1, -0.05) is 12.1 Å². The van der Waals surface area contributed by atoms with E-state index in [0.717, 1.165) is 42.0 Å². The lowest BCUT2D eigenvalue weighted by Gasteiger charge is -2.34. The Morgan fingerprint density at radius 3 is 2.92 bits per heavy atom. The Morgan fingerprint density at radius 2 is 2.08 bits per heavy atom. The summed E-state index contributed by atoms with van der Waals surface area (Å²) >= 11 is 0. The Kier molecular flexibility index (Phi) is 3.90. The molecular formula is C18H21N5O. The summed E-state index contributed by atoms with van der Waals surface area (Å²) in [4.78, 5) is 11.2. The number of nitrogens with zero attached hydrogens (tertiary/aromatic N) is 5. The van der Waals surface area contributed by atoms with Crippen LogP contribution in [0.4, 0.5) is 5.82 Å². The van der Waals surface area contributed by atoms with E-state index in [9.17, 15) is 0 Å². The number of anilines is 1. The van der Waals surface area contributed by atoms with E-state index in [1.165, 1.54) is 5.69 Å². The summed E-state index contributed by atoms with van der Waals surface area (Å²) in [6, 6.07) is 10.2. The van der Waals surface area contributed by atoms with Gasteiger partial charge < -0.3 is 9.64 Å². The Balaban J connectivity index is 1.57.